The summed E-state index contributed by atoms with van der Waals surface area (Å²) in [6.07, 6.45) is 5.56. The summed E-state index contributed by atoms with van der Waals surface area (Å²) in [5, 5.41) is 5.28. The highest BCUT2D eigenvalue weighted by atomic mass is 32.1. The third-order valence-electron chi connectivity index (χ3n) is 2.58. The first-order valence-electron chi connectivity index (χ1n) is 6.53. The number of thiophene rings is 1. The molecular formula is C14H19N3OS. The molecule has 2 aromatic heterocycles. The summed E-state index contributed by atoms with van der Waals surface area (Å²) in [4.78, 5) is 9.96. The normalized spacial score (nSPS) is 10.6. The van der Waals surface area contributed by atoms with Gasteiger partial charge in [0.1, 0.15) is 5.82 Å². The summed E-state index contributed by atoms with van der Waals surface area (Å²) in [6.45, 7) is 4.28. The molecule has 2 aromatic rings. The lowest BCUT2D eigenvalue weighted by Gasteiger charge is -2.05. The number of nitrogens with zero attached hydrogens (tertiary/aromatic N) is 2. The van der Waals surface area contributed by atoms with Crippen LogP contribution in [0.1, 0.15) is 23.9 Å². The van der Waals surface area contributed by atoms with Crippen LogP contribution in [0.5, 0.6) is 0 Å². The zero-order valence-corrected chi connectivity index (χ0v) is 11.9. The average Bonchev–Trinajstić information content (AvgIpc) is 2.96. The van der Waals surface area contributed by atoms with E-state index in [4.69, 9.17) is 4.74 Å². The molecule has 0 amide bonds. The zero-order valence-electron chi connectivity index (χ0n) is 11.1. The molecule has 0 aromatic carbocycles. The second-order valence-electron chi connectivity index (χ2n) is 4.20. The molecule has 5 heteroatoms. The maximum atomic E-state index is 5.60. The molecule has 0 aliphatic rings. The van der Waals surface area contributed by atoms with E-state index in [0.29, 0.717) is 6.61 Å². The van der Waals surface area contributed by atoms with Gasteiger partial charge in [-0.2, -0.15) is 0 Å². The summed E-state index contributed by atoms with van der Waals surface area (Å²) < 4.78 is 5.60. The Morgan fingerprint density at radius 1 is 1.32 bits per heavy atom. The van der Waals surface area contributed by atoms with Crippen molar-refractivity contribution >= 4 is 17.2 Å². The fourth-order valence-corrected chi connectivity index (χ4v) is 2.27. The van der Waals surface area contributed by atoms with Gasteiger partial charge in [-0.1, -0.05) is 13.0 Å². The highest BCUT2D eigenvalue weighted by molar-refractivity contribution is 7.09. The lowest BCUT2D eigenvalue weighted by atomic mass is 10.4. The number of hydrogen-bond donors (Lipinski definition) is 1. The molecule has 0 saturated heterocycles. The molecule has 2 heterocycles. The lowest BCUT2D eigenvalue weighted by Crippen LogP contribution is -2.04. The number of aromatic nitrogens is 2. The van der Waals surface area contributed by atoms with E-state index >= 15 is 0 Å². The van der Waals surface area contributed by atoms with Crippen LogP contribution in [0.15, 0.2) is 29.9 Å². The van der Waals surface area contributed by atoms with Crippen LogP contribution >= 0.6 is 11.3 Å². The zero-order chi connectivity index (χ0) is 13.3. The van der Waals surface area contributed by atoms with Gasteiger partial charge < -0.3 is 10.1 Å². The van der Waals surface area contributed by atoms with E-state index in [1.807, 2.05) is 0 Å². The van der Waals surface area contributed by atoms with Crippen LogP contribution in [0.4, 0.5) is 5.82 Å². The van der Waals surface area contributed by atoms with Crippen LogP contribution in [0, 0.1) is 0 Å². The van der Waals surface area contributed by atoms with Gasteiger partial charge in [0, 0.05) is 17.8 Å². The molecule has 0 atom stereocenters. The summed E-state index contributed by atoms with van der Waals surface area (Å²) >= 11 is 1.76. The van der Waals surface area contributed by atoms with Crippen molar-refractivity contribution in [1.29, 1.82) is 0 Å². The molecule has 19 heavy (non-hydrogen) atoms. The minimum Gasteiger partial charge on any atom is -0.375 e. The van der Waals surface area contributed by atoms with Crippen LogP contribution in [-0.4, -0.2) is 23.1 Å². The Balaban J connectivity index is 1.68. The van der Waals surface area contributed by atoms with E-state index in [1.54, 1.807) is 23.7 Å². The van der Waals surface area contributed by atoms with Gasteiger partial charge in [-0.25, -0.2) is 4.98 Å². The monoisotopic (exact) mass is 277 g/mol. The fourth-order valence-electron chi connectivity index (χ4n) is 1.58. The summed E-state index contributed by atoms with van der Waals surface area (Å²) in [7, 11) is 0. The smallest absolute Gasteiger partial charge is 0.144 e. The maximum absolute atomic E-state index is 5.60. The van der Waals surface area contributed by atoms with Gasteiger partial charge in [-0.15, -0.1) is 11.3 Å². The first-order chi connectivity index (χ1) is 9.38. The lowest BCUT2D eigenvalue weighted by molar-refractivity contribution is 0.121. The minimum atomic E-state index is 0.520. The van der Waals surface area contributed by atoms with Crippen LogP contribution in [-0.2, 0) is 17.8 Å². The second kappa shape index (κ2) is 7.86. The highest BCUT2D eigenvalue weighted by Crippen LogP contribution is 2.09. The van der Waals surface area contributed by atoms with Crippen LogP contribution < -0.4 is 5.32 Å². The molecule has 0 aliphatic carbocycles. The Hall–Kier alpha value is -1.46. The quantitative estimate of drug-likeness (QED) is 0.753. The predicted octanol–water partition coefficient (Wildman–Crippen LogP) is 3.12. The average molecular weight is 277 g/mol. The highest BCUT2D eigenvalue weighted by Gasteiger charge is 1.98. The van der Waals surface area contributed by atoms with E-state index in [-0.39, 0.29) is 0 Å². The first-order valence-corrected chi connectivity index (χ1v) is 7.41. The summed E-state index contributed by atoms with van der Waals surface area (Å²) in [6, 6.07) is 4.19. The number of ether oxygens (including phenoxy) is 1. The minimum absolute atomic E-state index is 0.520. The van der Waals surface area contributed by atoms with Crippen molar-refractivity contribution in [2.45, 2.75) is 26.4 Å². The molecular weight excluding hydrogens is 258 g/mol. The second-order valence-corrected chi connectivity index (χ2v) is 5.23. The number of anilines is 1. The predicted molar refractivity (Wildman–Crippen MR) is 78.5 cm³/mol. The van der Waals surface area contributed by atoms with Gasteiger partial charge in [-0.3, -0.25) is 4.98 Å². The number of hydrogen-bond acceptors (Lipinski definition) is 5. The Bertz CT molecular complexity index is 456. The molecule has 1 N–H and O–H groups in total. The molecule has 0 aliphatic heterocycles. The fraction of sp³-hybridized carbons (Fsp3) is 0.429. The van der Waals surface area contributed by atoms with Crippen LogP contribution in [0.25, 0.3) is 0 Å². The van der Waals surface area contributed by atoms with Gasteiger partial charge in [0.2, 0.25) is 0 Å². The summed E-state index contributed by atoms with van der Waals surface area (Å²) in [5.41, 5.74) is 0.869. The van der Waals surface area contributed by atoms with Crippen molar-refractivity contribution < 1.29 is 4.74 Å². The Labute approximate surface area is 117 Å². The SMILES string of the molecule is CCCNc1cnc(COCCc2cccs2)cn1. The Morgan fingerprint density at radius 2 is 2.26 bits per heavy atom. The first kappa shape index (κ1) is 14.0. The molecule has 0 radical (unpaired) electrons. The van der Waals surface area contributed by atoms with Gasteiger partial charge in [0.25, 0.3) is 0 Å². The largest absolute Gasteiger partial charge is 0.375 e. The Kier molecular flexibility index (Phi) is 5.78. The van der Waals surface area contributed by atoms with Crippen molar-refractivity contribution in [3.8, 4) is 0 Å². The van der Waals surface area contributed by atoms with E-state index < -0.39 is 0 Å². The molecule has 0 bridgehead atoms. The van der Waals surface area contributed by atoms with Crippen LogP contribution in [0.2, 0.25) is 0 Å². The molecule has 0 unspecified atom stereocenters. The maximum Gasteiger partial charge on any atom is 0.144 e. The van der Waals surface area contributed by atoms with Gasteiger partial charge in [-0.05, 0) is 17.9 Å². The topological polar surface area (TPSA) is 47.0 Å². The standard InChI is InChI=1S/C14H19N3OS/c1-2-6-15-14-10-16-12(9-17-14)11-18-7-5-13-4-3-8-19-13/h3-4,8-10H,2,5-7,11H2,1H3,(H,15,17). The van der Waals surface area contributed by atoms with Crippen molar-refractivity contribution in [1.82, 2.24) is 9.97 Å². The molecule has 2 rings (SSSR count). The molecule has 102 valence electrons. The van der Waals surface area contributed by atoms with Gasteiger partial charge in [0.05, 0.1) is 31.3 Å². The van der Waals surface area contributed by atoms with E-state index in [1.165, 1.54) is 4.88 Å². The van der Waals surface area contributed by atoms with E-state index in [2.05, 4.69) is 39.7 Å². The number of nitrogens with one attached hydrogen (secondary N) is 1. The van der Waals surface area contributed by atoms with E-state index in [0.717, 1.165) is 37.5 Å². The molecule has 4 nitrogen and oxygen atoms in total. The summed E-state index contributed by atoms with van der Waals surface area (Å²) in [5.74, 6) is 0.823. The van der Waals surface area contributed by atoms with Crippen molar-refractivity contribution in [3.63, 3.8) is 0 Å². The number of rotatable bonds is 8. The third-order valence-corrected chi connectivity index (χ3v) is 3.52. The molecule has 0 spiro atoms. The van der Waals surface area contributed by atoms with E-state index in [9.17, 15) is 0 Å². The third kappa shape index (κ3) is 4.96. The Morgan fingerprint density at radius 3 is 2.95 bits per heavy atom. The van der Waals surface area contributed by atoms with Gasteiger partial charge in [0.15, 0.2) is 0 Å². The van der Waals surface area contributed by atoms with Gasteiger partial charge >= 0.3 is 0 Å². The van der Waals surface area contributed by atoms with Crippen molar-refractivity contribution in [3.05, 3.63) is 40.5 Å². The van der Waals surface area contributed by atoms with Crippen molar-refractivity contribution in [2.75, 3.05) is 18.5 Å². The van der Waals surface area contributed by atoms with Crippen LogP contribution in [0.3, 0.4) is 0 Å². The molecule has 0 saturated carbocycles. The van der Waals surface area contributed by atoms with Crippen molar-refractivity contribution in [2.24, 2.45) is 0 Å². The molecule has 0 fully saturated rings.